The van der Waals surface area contributed by atoms with Gasteiger partial charge >= 0.3 is 0 Å². The molecule has 0 amide bonds. The Balaban J connectivity index is 1.59. The molecule has 1 atom stereocenters. The Morgan fingerprint density at radius 3 is 2.95 bits per heavy atom. The molecule has 0 fully saturated rings. The lowest BCUT2D eigenvalue weighted by Gasteiger charge is -2.20. The number of fused-ring (bicyclic) bond motifs is 1. The monoisotopic (exact) mass is 256 g/mol. The van der Waals surface area contributed by atoms with E-state index in [9.17, 15) is 0 Å². The van der Waals surface area contributed by atoms with Crippen LogP contribution in [0.4, 0.5) is 5.69 Å². The van der Waals surface area contributed by atoms with Crippen LogP contribution in [0.15, 0.2) is 30.3 Å². The maximum absolute atomic E-state index is 4.34. The van der Waals surface area contributed by atoms with Gasteiger partial charge in [-0.3, -0.25) is 0 Å². The number of para-hydroxylation sites is 1. The predicted molar refractivity (Wildman–Crippen MR) is 76.1 cm³/mol. The summed E-state index contributed by atoms with van der Waals surface area (Å²) in [6.45, 7) is 4.26. The number of nitrogens with one attached hydrogen (secondary N) is 1. The molecule has 0 bridgehead atoms. The van der Waals surface area contributed by atoms with Crippen molar-refractivity contribution < 1.29 is 0 Å². The Morgan fingerprint density at radius 2 is 2.11 bits per heavy atom. The zero-order valence-electron chi connectivity index (χ0n) is 11.3. The summed E-state index contributed by atoms with van der Waals surface area (Å²) in [7, 11) is 0. The standard InChI is InChI=1S/C15H20N4/c1-12-8-10-19-14(17-18-15(19)11-12)7-9-16-13-5-3-2-4-6-13/h2-6,12,16H,7-11H2,1H3. The number of anilines is 1. The lowest BCUT2D eigenvalue weighted by Crippen LogP contribution is -2.20. The normalized spacial score (nSPS) is 18.1. The van der Waals surface area contributed by atoms with E-state index in [1.54, 1.807) is 0 Å². The molecule has 0 radical (unpaired) electrons. The summed E-state index contributed by atoms with van der Waals surface area (Å²) in [6, 6.07) is 10.3. The molecule has 1 unspecified atom stereocenters. The molecule has 2 heterocycles. The molecule has 100 valence electrons. The molecule has 1 aromatic heterocycles. The minimum atomic E-state index is 0.743. The molecule has 1 aliphatic rings. The summed E-state index contributed by atoms with van der Waals surface area (Å²) >= 11 is 0. The zero-order valence-corrected chi connectivity index (χ0v) is 11.3. The van der Waals surface area contributed by atoms with Crippen LogP contribution in [0.1, 0.15) is 25.0 Å². The van der Waals surface area contributed by atoms with Crippen molar-refractivity contribution in [2.24, 2.45) is 5.92 Å². The SMILES string of the molecule is CC1CCn2c(CCNc3ccccc3)nnc2C1. The summed E-state index contributed by atoms with van der Waals surface area (Å²) in [5, 5.41) is 12.1. The minimum absolute atomic E-state index is 0.743. The highest BCUT2D eigenvalue weighted by molar-refractivity contribution is 5.42. The Labute approximate surface area is 113 Å². The van der Waals surface area contributed by atoms with Gasteiger partial charge in [-0.2, -0.15) is 0 Å². The van der Waals surface area contributed by atoms with Gasteiger partial charge in [0.05, 0.1) is 0 Å². The summed E-state index contributed by atoms with van der Waals surface area (Å²) in [5.41, 5.74) is 1.16. The Hall–Kier alpha value is -1.84. The third kappa shape index (κ3) is 2.78. The van der Waals surface area contributed by atoms with Crippen molar-refractivity contribution in [3.63, 3.8) is 0 Å². The van der Waals surface area contributed by atoms with Crippen LogP contribution in [-0.4, -0.2) is 21.3 Å². The number of hydrogen-bond donors (Lipinski definition) is 1. The predicted octanol–water partition coefficient (Wildman–Crippen LogP) is 2.52. The zero-order chi connectivity index (χ0) is 13.1. The summed E-state index contributed by atoms with van der Waals surface area (Å²) in [4.78, 5) is 0. The number of rotatable bonds is 4. The van der Waals surface area contributed by atoms with Crippen molar-refractivity contribution in [2.75, 3.05) is 11.9 Å². The molecule has 4 nitrogen and oxygen atoms in total. The van der Waals surface area contributed by atoms with Gasteiger partial charge in [0.15, 0.2) is 0 Å². The molecule has 1 aromatic carbocycles. The number of benzene rings is 1. The van der Waals surface area contributed by atoms with Crippen molar-refractivity contribution in [2.45, 2.75) is 32.7 Å². The van der Waals surface area contributed by atoms with Crippen LogP contribution in [0.25, 0.3) is 0 Å². The first kappa shape index (κ1) is 12.2. The fourth-order valence-corrected chi connectivity index (χ4v) is 2.60. The number of aromatic nitrogens is 3. The fraction of sp³-hybridized carbons (Fsp3) is 0.467. The van der Waals surface area contributed by atoms with Crippen LogP contribution < -0.4 is 5.32 Å². The van der Waals surface area contributed by atoms with Gasteiger partial charge in [-0.15, -0.1) is 10.2 Å². The van der Waals surface area contributed by atoms with Gasteiger partial charge in [-0.1, -0.05) is 25.1 Å². The summed E-state index contributed by atoms with van der Waals surface area (Å²) < 4.78 is 2.30. The van der Waals surface area contributed by atoms with E-state index in [-0.39, 0.29) is 0 Å². The quantitative estimate of drug-likeness (QED) is 0.914. The molecule has 0 saturated heterocycles. The molecule has 0 saturated carbocycles. The third-order valence-electron chi connectivity index (χ3n) is 3.73. The van der Waals surface area contributed by atoms with Crippen molar-refractivity contribution in [1.82, 2.24) is 14.8 Å². The maximum atomic E-state index is 4.34. The largest absolute Gasteiger partial charge is 0.385 e. The van der Waals surface area contributed by atoms with E-state index in [1.807, 2.05) is 18.2 Å². The molecule has 3 rings (SSSR count). The van der Waals surface area contributed by atoms with E-state index >= 15 is 0 Å². The van der Waals surface area contributed by atoms with E-state index in [1.165, 1.54) is 6.42 Å². The molecular formula is C15H20N4. The molecule has 19 heavy (non-hydrogen) atoms. The van der Waals surface area contributed by atoms with E-state index < -0.39 is 0 Å². The van der Waals surface area contributed by atoms with Crippen LogP contribution in [0.5, 0.6) is 0 Å². The fourth-order valence-electron chi connectivity index (χ4n) is 2.60. The lowest BCUT2D eigenvalue weighted by atomic mass is 10.0. The Kier molecular flexibility index (Phi) is 3.49. The van der Waals surface area contributed by atoms with Gasteiger partial charge in [-0.05, 0) is 24.5 Å². The van der Waals surface area contributed by atoms with Crippen LogP contribution in [0.2, 0.25) is 0 Å². The third-order valence-corrected chi connectivity index (χ3v) is 3.73. The molecule has 2 aromatic rings. The second kappa shape index (κ2) is 5.43. The smallest absolute Gasteiger partial charge is 0.134 e. The highest BCUT2D eigenvalue weighted by Crippen LogP contribution is 2.19. The first-order valence-electron chi connectivity index (χ1n) is 7.03. The van der Waals surface area contributed by atoms with Crippen molar-refractivity contribution in [1.29, 1.82) is 0 Å². The average Bonchev–Trinajstić information content (AvgIpc) is 2.82. The van der Waals surface area contributed by atoms with Crippen LogP contribution in [0, 0.1) is 5.92 Å². The van der Waals surface area contributed by atoms with Crippen molar-refractivity contribution in [3.8, 4) is 0 Å². The highest BCUT2D eigenvalue weighted by atomic mass is 15.3. The Bertz CT molecular complexity index is 532. The summed E-state index contributed by atoms with van der Waals surface area (Å²) in [6.07, 6.45) is 3.24. The average molecular weight is 256 g/mol. The minimum Gasteiger partial charge on any atom is -0.385 e. The van der Waals surface area contributed by atoms with Crippen molar-refractivity contribution in [3.05, 3.63) is 42.0 Å². The van der Waals surface area contributed by atoms with E-state index in [0.29, 0.717) is 0 Å². The molecule has 4 heteroatoms. The van der Waals surface area contributed by atoms with E-state index in [4.69, 9.17) is 0 Å². The molecule has 1 aliphatic heterocycles. The second-order valence-corrected chi connectivity index (χ2v) is 5.32. The van der Waals surface area contributed by atoms with Crippen LogP contribution in [0.3, 0.4) is 0 Å². The first-order chi connectivity index (χ1) is 9.33. The van der Waals surface area contributed by atoms with Gasteiger partial charge in [-0.25, -0.2) is 0 Å². The van der Waals surface area contributed by atoms with Gasteiger partial charge in [0.25, 0.3) is 0 Å². The number of nitrogens with zero attached hydrogens (tertiary/aromatic N) is 3. The van der Waals surface area contributed by atoms with E-state index in [0.717, 1.165) is 49.2 Å². The molecule has 0 spiro atoms. The molecular weight excluding hydrogens is 236 g/mol. The molecule has 1 N–H and O–H groups in total. The van der Waals surface area contributed by atoms with Gasteiger partial charge < -0.3 is 9.88 Å². The number of hydrogen-bond acceptors (Lipinski definition) is 3. The van der Waals surface area contributed by atoms with Crippen LogP contribution in [-0.2, 0) is 19.4 Å². The first-order valence-corrected chi connectivity index (χ1v) is 7.03. The maximum Gasteiger partial charge on any atom is 0.134 e. The Morgan fingerprint density at radius 1 is 1.26 bits per heavy atom. The lowest BCUT2D eigenvalue weighted by molar-refractivity contribution is 0.403. The molecule has 0 aliphatic carbocycles. The van der Waals surface area contributed by atoms with E-state index in [2.05, 4.69) is 39.1 Å². The van der Waals surface area contributed by atoms with Gasteiger partial charge in [0.1, 0.15) is 11.6 Å². The van der Waals surface area contributed by atoms with Crippen molar-refractivity contribution >= 4 is 5.69 Å². The highest BCUT2D eigenvalue weighted by Gasteiger charge is 2.19. The van der Waals surface area contributed by atoms with Gasteiger partial charge in [0, 0.05) is 31.6 Å². The topological polar surface area (TPSA) is 42.7 Å². The summed E-state index contributed by atoms with van der Waals surface area (Å²) in [5.74, 6) is 3.02. The van der Waals surface area contributed by atoms with Crippen LogP contribution >= 0.6 is 0 Å². The second-order valence-electron chi connectivity index (χ2n) is 5.32. The van der Waals surface area contributed by atoms with Gasteiger partial charge in [0.2, 0.25) is 0 Å².